The lowest BCUT2D eigenvalue weighted by Gasteiger charge is -2.14. The lowest BCUT2D eigenvalue weighted by atomic mass is 10.1. The van der Waals surface area contributed by atoms with Gasteiger partial charge in [0, 0.05) is 32.7 Å². The molecule has 0 aliphatic heterocycles. The highest BCUT2D eigenvalue weighted by molar-refractivity contribution is 6.23. The smallest absolute Gasteiger partial charge is 0.237 e. The van der Waals surface area contributed by atoms with Crippen molar-refractivity contribution < 1.29 is 0 Å². The van der Waals surface area contributed by atoms with Crippen LogP contribution >= 0.6 is 0 Å². The van der Waals surface area contributed by atoms with Crippen molar-refractivity contribution >= 4 is 43.6 Å². The summed E-state index contributed by atoms with van der Waals surface area (Å²) in [4.78, 5) is 18.5. The Bertz CT molecular complexity index is 2420. The summed E-state index contributed by atoms with van der Waals surface area (Å²) in [5.41, 5.74) is 9.29. The maximum absolute atomic E-state index is 5.16. The molecule has 0 aliphatic carbocycles. The van der Waals surface area contributed by atoms with Gasteiger partial charge in [-0.05, 0) is 24.3 Å². The van der Waals surface area contributed by atoms with Gasteiger partial charge in [-0.15, -0.1) is 0 Å². The van der Waals surface area contributed by atoms with Crippen LogP contribution in [0.25, 0.3) is 77.8 Å². The average Bonchev–Trinajstić information content (AvgIpc) is 3.62. The van der Waals surface area contributed by atoms with Gasteiger partial charge >= 0.3 is 0 Å². The Morgan fingerprint density at radius 3 is 1.48 bits per heavy atom. The van der Waals surface area contributed by atoms with Crippen LogP contribution in [0.15, 0.2) is 146 Å². The van der Waals surface area contributed by atoms with E-state index in [-0.39, 0.29) is 0 Å². The average molecular weight is 565 g/mol. The normalized spacial score (nSPS) is 11.6. The molecule has 0 N–H and O–H groups in total. The van der Waals surface area contributed by atoms with Crippen molar-refractivity contribution in [3.8, 4) is 34.2 Å². The molecule has 0 bridgehead atoms. The summed E-state index contributed by atoms with van der Waals surface area (Å²) in [6.45, 7) is 0. The molecule has 4 aromatic heterocycles. The molecule has 9 rings (SSSR count). The molecule has 0 spiro atoms. The van der Waals surface area contributed by atoms with Crippen LogP contribution < -0.4 is 0 Å². The fourth-order valence-electron chi connectivity index (χ4n) is 6.48. The molecule has 0 unspecified atom stereocenters. The van der Waals surface area contributed by atoms with Crippen LogP contribution in [0.2, 0.25) is 0 Å². The molecule has 0 saturated carbocycles. The zero-order chi connectivity index (χ0) is 29.0. The lowest BCUT2D eigenvalue weighted by molar-refractivity contribution is 0.939. The number of aromatic nitrogens is 6. The van der Waals surface area contributed by atoms with E-state index in [4.69, 9.17) is 4.98 Å². The highest BCUT2D eigenvalue weighted by Crippen LogP contribution is 2.41. The van der Waals surface area contributed by atoms with Gasteiger partial charge < -0.3 is 4.57 Å². The molecule has 0 amide bonds. The van der Waals surface area contributed by atoms with Crippen molar-refractivity contribution in [2.45, 2.75) is 0 Å². The number of hydrogen-bond acceptors (Lipinski definition) is 4. The van der Waals surface area contributed by atoms with E-state index in [0.717, 1.165) is 66.4 Å². The second kappa shape index (κ2) is 9.71. The van der Waals surface area contributed by atoms with Gasteiger partial charge in [0.15, 0.2) is 0 Å². The minimum Gasteiger partial charge on any atom is -0.307 e. The Hall–Kier alpha value is -6.14. The molecule has 44 heavy (non-hydrogen) atoms. The lowest BCUT2D eigenvalue weighted by Crippen LogP contribution is -2.03. The maximum Gasteiger partial charge on any atom is 0.237 e. The van der Waals surface area contributed by atoms with Crippen molar-refractivity contribution in [2.24, 2.45) is 0 Å². The summed E-state index contributed by atoms with van der Waals surface area (Å²) >= 11 is 0. The van der Waals surface area contributed by atoms with Gasteiger partial charge in [0.2, 0.25) is 5.95 Å². The summed E-state index contributed by atoms with van der Waals surface area (Å²) < 4.78 is 4.55. The van der Waals surface area contributed by atoms with Gasteiger partial charge in [-0.2, -0.15) is 0 Å². The zero-order valence-electron chi connectivity index (χ0n) is 23.5. The van der Waals surface area contributed by atoms with Crippen LogP contribution in [0.1, 0.15) is 0 Å². The zero-order valence-corrected chi connectivity index (χ0v) is 23.5. The van der Waals surface area contributed by atoms with Gasteiger partial charge in [0.25, 0.3) is 0 Å². The third-order valence-electron chi connectivity index (χ3n) is 8.36. The largest absolute Gasteiger partial charge is 0.307 e. The van der Waals surface area contributed by atoms with E-state index in [1.54, 1.807) is 12.7 Å². The van der Waals surface area contributed by atoms with Gasteiger partial charge in [-0.1, -0.05) is 109 Å². The second-order valence-electron chi connectivity index (χ2n) is 10.8. The van der Waals surface area contributed by atoms with E-state index in [0.29, 0.717) is 5.95 Å². The standard InChI is InChI=1S/C38H24N6/c1-3-11-25(12-4-1)32-21-27(22-33(42-32)26-13-5-2-6-14-26)43-34-17-9-7-15-28(34)30-19-20-31-29-16-8-10-18-35(29)44(37(31)36(30)43)38-40-23-39-24-41-38/h1-24H. The molecular weight excluding hydrogens is 540 g/mol. The predicted molar refractivity (Wildman–Crippen MR) is 177 cm³/mol. The summed E-state index contributed by atoms with van der Waals surface area (Å²) in [6.07, 6.45) is 3.11. The SMILES string of the molecule is c1ccc(-c2cc(-n3c4ccccc4c4ccc5c6ccccc6n(-c6ncncn6)c5c43)cc(-c3ccccc3)n2)cc1. The highest BCUT2D eigenvalue weighted by atomic mass is 15.2. The van der Waals surface area contributed by atoms with Crippen LogP contribution in [-0.4, -0.2) is 29.1 Å². The van der Waals surface area contributed by atoms with Crippen LogP contribution in [-0.2, 0) is 0 Å². The minimum atomic E-state index is 0.584. The predicted octanol–water partition coefficient (Wildman–Crippen LogP) is 8.79. The van der Waals surface area contributed by atoms with Crippen molar-refractivity contribution in [2.75, 3.05) is 0 Å². The topological polar surface area (TPSA) is 61.4 Å². The molecular formula is C38H24N6. The Kier molecular flexibility index (Phi) is 5.40. The van der Waals surface area contributed by atoms with Gasteiger partial charge in [0.05, 0.1) is 39.1 Å². The summed E-state index contributed by atoms with van der Waals surface area (Å²) in [7, 11) is 0. The Balaban J connectivity index is 1.48. The Morgan fingerprint density at radius 2 is 0.909 bits per heavy atom. The molecule has 6 nitrogen and oxygen atoms in total. The van der Waals surface area contributed by atoms with E-state index < -0.39 is 0 Å². The third kappa shape index (κ3) is 3.68. The van der Waals surface area contributed by atoms with E-state index in [1.807, 2.05) is 12.1 Å². The molecule has 0 aliphatic rings. The first kappa shape index (κ1) is 24.5. The first-order chi connectivity index (χ1) is 21.8. The molecule has 0 radical (unpaired) electrons. The fraction of sp³-hybridized carbons (Fsp3) is 0. The summed E-state index contributed by atoms with van der Waals surface area (Å²) in [6, 6.07) is 46.7. The van der Waals surface area contributed by atoms with Crippen LogP contribution in [0.3, 0.4) is 0 Å². The first-order valence-corrected chi connectivity index (χ1v) is 14.6. The molecule has 5 aromatic carbocycles. The molecule has 4 heterocycles. The molecule has 0 saturated heterocycles. The monoisotopic (exact) mass is 564 g/mol. The highest BCUT2D eigenvalue weighted by Gasteiger charge is 2.22. The maximum atomic E-state index is 5.16. The van der Waals surface area contributed by atoms with Crippen LogP contribution in [0.5, 0.6) is 0 Å². The Morgan fingerprint density at radius 1 is 0.432 bits per heavy atom. The number of benzene rings is 5. The van der Waals surface area contributed by atoms with Crippen molar-refractivity contribution in [1.29, 1.82) is 0 Å². The minimum absolute atomic E-state index is 0.584. The summed E-state index contributed by atoms with van der Waals surface area (Å²) in [5, 5.41) is 4.62. The molecule has 9 aromatic rings. The van der Waals surface area contributed by atoms with Crippen LogP contribution in [0, 0.1) is 0 Å². The number of para-hydroxylation sites is 2. The van der Waals surface area contributed by atoms with Crippen LogP contribution in [0.4, 0.5) is 0 Å². The number of pyridine rings is 1. The molecule has 0 atom stereocenters. The summed E-state index contributed by atoms with van der Waals surface area (Å²) in [5.74, 6) is 0.584. The van der Waals surface area contributed by atoms with E-state index in [2.05, 4.69) is 145 Å². The molecule has 206 valence electrons. The van der Waals surface area contributed by atoms with E-state index in [1.165, 1.54) is 5.39 Å². The number of rotatable bonds is 4. The van der Waals surface area contributed by atoms with Gasteiger partial charge in [-0.3, -0.25) is 4.57 Å². The molecule has 6 heteroatoms. The quantitative estimate of drug-likeness (QED) is 0.214. The van der Waals surface area contributed by atoms with E-state index >= 15 is 0 Å². The fourth-order valence-corrected chi connectivity index (χ4v) is 6.48. The third-order valence-corrected chi connectivity index (χ3v) is 8.36. The van der Waals surface area contributed by atoms with Crippen molar-refractivity contribution in [3.63, 3.8) is 0 Å². The van der Waals surface area contributed by atoms with Gasteiger partial charge in [0.1, 0.15) is 12.7 Å². The molecule has 0 fully saturated rings. The second-order valence-corrected chi connectivity index (χ2v) is 10.8. The number of fused-ring (bicyclic) bond motifs is 7. The number of nitrogens with zero attached hydrogens (tertiary/aromatic N) is 6. The number of hydrogen-bond donors (Lipinski definition) is 0. The van der Waals surface area contributed by atoms with E-state index in [9.17, 15) is 0 Å². The first-order valence-electron chi connectivity index (χ1n) is 14.6. The van der Waals surface area contributed by atoms with Gasteiger partial charge in [-0.25, -0.2) is 19.9 Å². The Labute approximate surface area is 252 Å². The van der Waals surface area contributed by atoms with Crippen molar-refractivity contribution in [3.05, 3.63) is 146 Å². The van der Waals surface area contributed by atoms with Crippen molar-refractivity contribution in [1.82, 2.24) is 29.1 Å².